The summed E-state index contributed by atoms with van der Waals surface area (Å²) in [4.78, 5) is 28.4. The second kappa shape index (κ2) is 9.96. The maximum atomic E-state index is 13.2. The highest BCUT2D eigenvalue weighted by atomic mass is 79.9. The van der Waals surface area contributed by atoms with Crippen LogP contribution in [-0.4, -0.2) is 20.8 Å². The second-order valence-corrected chi connectivity index (χ2v) is 8.82. The summed E-state index contributed by atoms with van der Waals surface area (Å²) in [7, 11) is 0. The van der Waals surface area contributed by atoms with Crippen molar-refractivity contribution in [1.29, 1.82) is 0 Å². The van der Waals surface area contributed by atoms with Crippen LogP contribution in [0.5, 0.6) is 5.75 Å². The first kappa shape index (κ1) is 23.3. The molecule has 0 unspecified atom stereocenters. The average molecular weight is 521 g/mol. The first-order valence-corrected chi connectivity index (χ1v) is 11.3. The lowest BCUT2D eigenvalue weighted by Crippen LogP contribution is -2.23. The van der Waals surface area contributed by atoms with Crippen molar-refractivity contribution < 1.29 is 9.66 Å². The van der Waals surface area contributed by atoms with E-state index in [1.807, 2.05) is 38.1 Å². The number of nitrogens with zero attached hydrogens (tertiary/aromatic N) is 4. The summed E-state index contributed by atoms with van der Waals surface area (Å²) >= 11 is 3.40. The Morgan fingerprint density at radius 1 is 1.15 bits per heavy atom. The SMILES string of the molecule is CC(C)c1nc2ccc(Br)cc2c(=O)n1N=Cc1ccccc1OCc1cccc([N+](=O)[O-])c1. The molecule has 0 saturated heterocycles. The summed E-state index contributed by atoms with van der Waals surface area (Å²) in [5.41, 5.74) is 1.68. The molecule has 4 aromatic rings. The maximum absolute atomic E-state index is 13.2. The summed E-state index contributed by atoms with van der Waals surface area (Å²) in [5.74, 6) is 1.05. The third kappa shape index (κ3) is 5.04. The molecule has 0 N–H and O–H groups in total. The van der Waals surface area contributed by atoms with E-state index >= 15 is 0 Å². The van der Waals surface area contributed by atoms with Crippen LogP contribution < -0.4 is 10.3 Å². The van der Waals surface area contributed by atoms with Crippen molar-refractivity contribution in [3.05, 3.63) is 109 Å². The standard InChI is InChI=1S/C25H21BrN4O4/c1-16(2)24-28-22-11-10-19(26)13-21(22)25(31)29(24)27-14-18-7-3-4-9-23(18)34-15-17-6-5-8-20(12-17)30(32)33/h3-14,16H,15H2,1-2H3. The van der Waals surface area contributed by atoms with Gasteiger partial charge in [-0.3, -0.25) is 14.9 Å². The predicted molar refractivity (Wildman–Crippen MR) is 135 cm³/mol. The third-order valence-electron chi connectivity index (χ3n) is 5.10. The van der Waals surface area contributed by atoms with Crippen molar-refractivity contribution in [3.8, 4) is 5.75 Å². The first-order valence-electron chi connectivity index (χ1n) is 10.5. The minimum absolute atomic E-state index is 0.00646. The van der Waals surface area contributed by atoms with Crippen molar-refractivity contribution in [2.24, 2.45) is 5.10 Å². The first-order chi connectivity index (χ1) is 16.3. The van der Waals surface area contributed by atoms with E-state index in [0.717, 1.165) is 4.47 Å². The van der Waals surface area contributed by atoms with Gasteiger partial charge in [0.05, 0.1) is 22.0 Å². The summed E-state index contributed by atoms with van der Waals surface area (Å²) in [5, 5.41) is 15.9. The Labute approximate surface area is 203 Å². The van der Waals surface area contributed by atoms with Gasteiger partial charge in [-0.05, 0) is 35.9 Å². The van der Waals surface area contributed by atoms with E-state index in [1.165, 1.54) is 16.8 Å². The van der Waals surface area contributed by atoms with E-state index in [2.05, 4.69) is 26.0 Å². The van der Waals surface area contributed by atoms with Gasteiger partial charge < -0.3 is 4.74 Å². The summed E-state index contributed by atoms with van der Waals surface area (Å²) < 4.78 is 8.02. The number of ether oxygens (including phenoxy) is 1. The Hall–Kier alpha value is -3.85. The highest BCUT2D eigenvalue weighted by molar-refractivity contribution is 9.10. The lowest BCUT2D eigenvalue weighted by molar-refractivity contribution is -0.384. The number of fused-ring (bicyclic) bond motifs is 1. The van der Waals surface area contributed by atoms with Gasteiger partial charge in [-0.2, -0.15) is 9.78 Å². The Balaban J connectivity index is 1.67. The Morgan fingerprint density at radius 2 is 1.94 bits per heavy atom. The van der Waals surface area contributed by atoms with E-state index in [9.17, 15) is 14.9 Å². The van der Waals surface area contributed by atoms with Crippen LogP contribution in [0.25, 0.3) is 10.9 Å². The number of aromatic nitrogens is 2. The van der Waals surface area contributed by atoms with Gasteiger partial charge >= 0.3 is 0 Å². The topological polar surface area (TPSA) is 99.6 Å². The highest BCUT2D eigenvalue weighted by Crippen LogP contribution is 2.21. The number of nitro groups is 1. The molecule has 0 spiro atoms. The van der Waals surface area contributed by atoms with Gasteiger partial charge in [-0.25, -0.2) is 4.98 Å². The van der Waals surface area contributed by atoms with Crippen LogP contribution in [0.15, 0.2) is 81.1 Å². The molecule has 8 nitrogen and oxygen atoms in total. The number of non-ortho nitro benzene ring substituents is 1. The number of hydrogen-bond donors (Lipinski definition) is 0. The van der Waals surface area contributed by atoms with Crippen molar-refractivity contribution in [2.75, 3.05) is 0 Å². The molecule has 3 aromatic carbocycles. The van der Waals surface area contributed by atoms with Crippen LogP contribution in [0.1, 0.15) is 36.7 Å². The molecule has 0 fully saturated rings. The van der Waals surface area contributed by atoms with E-state index < -0.39 is 4.92 Å². The molecule has 1 heterocycles. The summed E-state index contributed by atoms with van der Waals surface area (Å²) in [6, 6.07) is 18.9. The van der Waals surface area contributed by atoms with Gasteiger partial charge in [0, 0.05) is 28.1 Å². The van der Waals surface area contributed by atoms with Crippen molar-refractivity contribution in [1.82, 2.24) is 9.66 Å². The third-order valence-corrected chi connectivity index (χ3v) is 5.59. The maximum Gasteiger partial charge on any atom is 0.282 e. The fourth-order valence-electron chi connectivity index (χ4n) is 3.41. The van der Waals surface area contributed by atoms with E-state index in [1.54, 1.807) is 36.5 Å². The zero-order chi connectivity index (χ0) is 24.2. The van der Waals surface area contributed by atoms with Gasteiger partial charge in [0.15, 0.2) is 0 Å². The molecule has 0 amide bonds. The molecule has 4 rings (SSSR count). The molecule has 0 radical (unpaired) electrons. The summed E-state index contributed by atoms with van der Waals surface area (Å²) in [6.45, 7) is 4.05. The molecular formula is C25H21BrN4O4. The van der Waals surface area contributed by atoms with E-state index in [-0.39, 0.29) is 23.8 Å². The molecule has 34 heavy (non-hydrogen) atoms. The summed E-state index contributed by atoms with van der Waals surface area (Å²) in [6.07, 6.45) is 1.56. The molecule has 0 aliphatic heterocycles. The number of halogens is 1. The molecule has 0 bridgehead atoms. The molecule has 0 aliphatic rings. The molecule has 0 atom stereocenters. The number of benzene rings is 3. The monoisotopic (exact) mass is 520 g/mol. The lowest BCUT2D eigenvalue weighted by Gasteiger charge is -2.12. The quantitative estimate of drug-likeness (QED) is 0.178. The smallest absolute Gasteiger partial charge is 0.282 e. The van der Waals surface area contributed by atoms with Gasteiger partial charge in [-0.15, -0.1) is 0 Å². The van der Waals surface area contributed by atoms with Crippen LogP contribution in [0.3, 0.4) is 0 Å². The lowest BCUT2D eigenvalue weighted by atomic mass is 10.2. The van der Waals surface area contributed by atoms with Crippen molar-refractivity contribution in [2.45, 2.75) is 26.4 Å². The van der Waals surface area contributed by atoms with Crippen LogP contribution in [0, 0.1) is 10.1 Å². The number of nitro benzene ring substituents is 1. The van der Waals surface area contributed by atoms with Crippen molar-refractivity contribution in [3.63, 3.8) is 0 Å². The molecule has 0 aliphatic carbocycles. The molecule has 9 heteroatoms. The van der Waals surface area contributed by atoms with Crippen LogP contribution >= 0.6 is 15.9 Å². The Kier molecular flexibility index (Phi) is 6.83. The molecule has 0 saturated carbocycles. The van der Waals surface area contributed by atoms with E-state index in [0.29, 0.717) is 33.6 Å². The van der Waals surface area contributed by atoms with Crippen LogP contribution in [0.2, 0.25) is 0 Å². The second-order valence-electron chi connectivity index (χ2n) is 7.90. The largest absolute Gasteiger partial charge is 0.488 e. The molecule has 1 aromatic heterocycles. The molecular weight excluding hydrogens is 500 g/mol. The number of hydrogen-bond acceptors (Lipinski definition) is 6. The van der Waals surface area contributed by atoms with Crippen LogP contribution in [0.4, 0.5) is 5.69 Å². The Morgan fingerprint density at radius 3 is 2.71 bits per heavy atom. The van der Waals surface area contributed by atoms with E-state index in [4.69, 9.17) is 4.74 Å². The fraction of sp³-hybridized carbons (Fsp3) is 0.160. The van der Waals surface area contributed by atoms with Crippen molar-refractivity contribution >= 4 is 38.7 Å². The molecule has 172 valence electrons. The number of para-hydroxylation sites is 1. The zero-order valence-electron chi connectivity index (χ0n) is 18.5. The minimum Gasteiger partial charge on any atom is -0.488 e. The van der Waals surface area contributed by atoms with Gasteiger partial charge in [-0.1, -0.05) is 54.0 Å². The average Bonchev–Trinajstić information content (AvgIpc) is 2.83. The van der Waals surface area contributed by atoms with Gasteiger partial charge in [0.25, 0.3) is 11.2 Å². The highest BCUT2D eigenvalue weighted by Gasteiger charge is 2.14. The van der Waals surface area contributed by atoms with Crippen LogP contribution in [-0.2, 0) is 6.61 Å². The van der Waals surface area contributed by atoms with Gasteiger partial charge in [0.2, 0.25) is 0 Å². The fourth-order valence-corrected chi connectivity index (χ4v) is 3.77. The minimum atomic E-state index is -0.440. The zero-order valence-corrected chi connectivity index (χ0v) is 20.1. The van der Waals surface area contributed by atoms with Gasteiger partial charge in [0.1, 0.15) is 18.2 Å². The number of rotatable bonds is 7. The predicted octanol–water partition coefficient (Wildman–Crippen LogP) is 5.65. The normalized spacial score (nSPS) is 11.4. The Bertz CT molecular complexity index is 1460.